The number of hydrogen-bond acceptors (Lipinski definition) is 5. The van der Waals surface area contributed by atoms with Crippen LogP contribution in [0.4, 0.5) is 0 Å². The molecule has 0 aliphatic heterocycles. The van der Waals surface area contributed by atoms with Gasteiger partial charge in [0.2, 0.25) is 0 Å². The van der Waals surface area contributed by atoms with E-state index in [1.807, 2.05) is 29.5 Å². The van der Waals surface area contributed by atoms with Crippen LogP contribution in [0, 0.1) is 6.92 Å². The fourth-order valence-corrected chi connectivity index (χ4v) is 3.43. The molecule has 0 bridgehead atoms. The molecule has 0 saturated heterocycles. The fourth-order valence-electron chi connectivity index (χ4n) is 2.45. The van der Waals surface area contributed by atoms with Crippen LogP contribution in [0.15, 0.2) is 24.4 Å². The average Bonchev–Trinajstić information content (AvgIpc) is 3.04. The van der Waals surface area contributed by atoms with Crippen LogP contribution in [-0.2, 0) is 6.61 Å². The molecule has 1 aromatic carbocycles. The number of aromatic nitrogens is 2. The summed E-state index contributed by atoms with van der Waals surface area (Å²) >= 11 is 1.60. The molecular weight excluding hydrogens is 288 g/mol. The van der Waals surface area contributed by atoms with Crippen molar-refractivity contribution >= 4 is 16.3 Å². The second-order valence-corrected chi connectivity index (χ2v) is 5.78. The van der Waals surface area contributed by atoms with Gasteiger partial charge in [0.25, 0.3) is 0 Å². The highest BCUT2D eigenvalue weighted by atomic mass is 32.1. The van der Waals surface area contributed by atoms with Gasteiger partial charge in [0, 0.05) is 10.4 Å². The van der Waals surface area contributed by atoms with E-state index in [9.17, 15) is 5.11 Å². The second kappa shape index (κ2) is 5.38. The van der Waals surface area contributed by atoms with Gasteiger partial charge in [0.05, 0.1) is 38.4 Å². The summed E-state index contributed by atoms with van der Waals surface area (Å²) in [4.78, 5) is 6.35. The highest BCUT2D eigenvalue weighted by molar-refractivity contribution is 7.17. The van der Waals surface area contributed by atoms with E-state index in [-0.39, 0.29) is 6.61 Å². The van der Waals surface area contributed by atoms with Crippen LogP contribution in [0.25, 0.3) is 16.2 Å². The maximum Gasteiger partial charge on any atom is 0.194 e. The molecule has 0 aliphatic rings. The summed E-state index contributed by atoms with van der Waals surface area (Å²) in [5.74, 6) is 1.37. The molecule has 0 amide bonds. The Kier molecular flexibility index (Phi) is 3.57. The van der Waals surface area contributed by atoms with Gasteiger partial charge in [-0.2, -0.15) is 0 Å². The van der Waals surface area contributed by atoms with E-state index in [1.165, 1.54) is 0 Å². The lowest BCUT2D eigenvalue weighted by Crippen LogP contribution is -1.96. The number of benzene rings is 1. The Bertz CT molecular complexity index is 792. The van der Waals surface area contributed by atoms with Crippen molar-refractivity contribution in [1.29, 1.82) is 0 Å². The molecule has 2 aromatic heterocycles. The minimum Gasteiger partial charge on any atom is -0.493 e. The molecule has 0 atom stereocenters. The number of rotatable bonds is 4. The van der Waals surface area contributed by atoms with Crippen LogP contribution in [0.3, 0.4) is 0 Å². The van der Waals surface area contributed by atoms with Crippen LogP contribution in [-0.4, -0.2) is 28.7 Å². The number of methoxy groups -OCH3 is 2. The van der Waals surface area contributed by atoms with Crippen LogP contribution >= 0.6 is 11.3 Å². The number of nitrogens with zero attached hydrogens (tertiary/aromatic N) is 2. The summed E-state index contributed by atoms with van der Waals surface area (Å²) in [6, 6.07) is 5.80. The predicted octanol–water partition coefficient (Wildman–Crippen LogP) is 2.88. The normalized spacial score (nSPS) is 11.0. The first kappa shape index (κ1) is 13.9. The van der Waals surface area contributed by atoms with Crippen molar-refractivity contribution in [2.75, 3.05) is 14.2 Å². The highest BCUT2D eigenvalue weighted by Gasteiger charge is 2.16. The first-order valence-corrected chi connectivity index (χ1v) is 7.30. The number of imidazole rings is 1. The van der Waals surface area contributed by atoms with E-state index < -0.39 is 0 Å². The molecule has 21 heavy (non-hydrogen) atoms. The van der Waals surface area contributed by atoms with E-state index in [0.29, 0.717) is 11.5 Å². The maximum absolute atomic E-state index is 9.49. The largest absolute Gasteiger partial charge is 0.493 e. The van der Waals surface area contributed by atoms with Crippen molar-refractivity contribution < 1.29 is 14.6 Å². The van der Waals surface area contributed by atoms with Gasteiger partial charge in [-0.1, -0.05) is 0 Å². The molecule has 0 radical (unpaired) electrons. The van der Waals surface area contributed by atoms with Crippen molar-refractivity contribution in [3.05, 3.63) is 35.0 Å². The number of hydrogen-bond donors (Lipinski definition) is 1. The highest BCUT2D eigenvalue weighted by Crippen LogP contribution is 2.37. The van der Waals surface area contributed by atoms with E-state index in [1.54, 1.807) is 31.8 Å². The van der Waals surface area contributed by atoms with Gasteiger partial charge >= 0.3 is 0 Å². The topological polar surface area (TPSA) is 56.0 Å². The third-order valence-electron chi connectivity index (χ3n) is 3.42. The summed E-state index contributed by atoms with van der Waals surface area (Å²) < 4.78 is 12.6. The van der Waals surface area contributed by atoms with Crippen LogP contribution in [0.1, 0.15) is 10.6 Å². The number of fused-ring (bicyclic) bond motifs is 1. The molecule has 0 saturated carbocycles. The Morgan fingerprint density at radius 3 is 2.67 bits per heavy atom. The summed E-state index contributed by atoms with van der Waals surface area (Å²) in [5, 5.41) is 9.49. The summed E-state index contributed by atoms with van der Waals surface area (Å²) in [5.41, 5.74) is 2.81. The van der Waals surface area contributed by atoms with Gasteiger partial charge in [-0.15, -0.1) is 11.3 Å². The fraction of sp³-hybridized carbons (Fsp3) is 0.267. The Labute approximate surface area is 126 Å². The summed E-state index contributed by atoms with van der Waals surface area (Å²) in [6.45, 7) is 2.00. The summed E-state index contributed by atoms with van der Waals surface area (Å²) in [7, 11) is 3.24. The van der Waals surface area contributed by atoms with Gasteiger partial charge < -0.3 is 14.6 Å². The quantitative estimate of drug-likeness (QED) is 0.805. The molecule has 3 rings (SSSR count). The zero-order valence-electron chi connectivity index (χ0n) is 12.1. The van der Waals surface area contributed by atoms with Crippen molar-refractivity contribution in [2.45, 2.75) is 13.5 Å². The lowest BCUT2D eigenvalue weighted by atomic mass is 10.1. The number of aliphatic hydroxyl groups is 1. The standard InChI is InChI=1S/C15H16N2O3S/c1-9-14(17-11(8-18)7-16-15(17)21-9)10-4-5-12(19-2)13(6-10)20-3/h4-7,18H,8H2,1-3H3. The lowest BCUT2D eigenvalue weighted by Gasteiger charge is -2.10. The number of ether oxygens (including phenoxy) is 2. The van der Waals surface area contributed by atoms with Gasteiger partial charge in [0.15, 0.2) is 16.5 Å². The van der Waals surface area contributed by atoms with E-state index in [0.717, 1.165) is 26.8 Å². The Balaban J connectivity index is 2.24. The molecule has 1 N–H and O–H groups in total. The smallest absolute Gasteiger partial charge is 0.194 e. The van der Waals surface area contributed by atoms with E-state index in [4.69, 9.17) is 9.47 Å². The monoisotopic (exact) mass is 304 g/mol. The van der Waals surface area contributed by atoms with Crippen LogP contribution in [0.5, 0.6) is 11.5 Å². The molecule has 0 fully saturated rings. The lowest BCUT2D eigenvalue weighted by molar-refractivity contribution is 0.276. The van der Waals surface area contributed by atoms with E-state index >= 15 is 0 Å². The molecule has 0 aliphatic carbocycles. The van der Waals surface area contributed by atoms with Crippen molar-refractivity contribution in [2.24, 2.45) is 0 Å². The molecular formula is C15H16N2O3S. The van der Waals surface area contributed by atoms with Gasteiger partial charge in [0.1, 0.15) is 0 Å². The maximum atomic E-state index is 9.49. The van der Waals surface area contributed by atoms with Crippen LogP contribution in [0.2, 0.25) is 0 Å². The molecule has 5 nitrogen and oxygen atoms in total. The molecule has 110 valence electrons. The molecule has 3 aromatic rings. The summed E-state index contributed by atoms with van der Waals surface area (Å²) in [6.07, 6.45) is 1.70. The first-order valence-electron chi connectivity index (χ1n) is 6.48. The average molecular weight is 304 g/mol. The number of aryl methyl sites for hydroxylation is 1. The Morgan fingerprint density at radius 2 is 2.00 bits per heavy atom. The van der Waals surface area contributed by atoms with Crippen molar-refractivity contribution in [3.8, 4) is 22.8 Å². The zero-order chi connectivity index (χ0) is 15.0. The van der Waals surface area contributed by atoms with Gasteiger partial charge in [-0.05, 0) is 25.1 Å². The molecule has 0 spiro atoms. The molecule has 0 unspecified atom stereocenters. The second-order valence-electron chi connectivity index (χ2n) is 4.60. The minimum absolute atomic E-state index is 0.0440. The van der Waals surface area contributed by atoms with Gasteiger partial charge in [-0.3, -0.25) is 4.40 Å². The Morgan fingerprint density at radius 1 is 1.24 bits per heavy atom. The third-order valence-corrected chi connectivity index (χ3v) is 4.39. The van der Waals surface area contributed by atoms with E-state index in [2.05, 4.69) is 4.98 Å². The zero-order valence-corrected chi connectivity index (χ0v) is 12.9. The number of aliphatic hydroxyl groups excluding tert-OH is 1. The Hall–Kier alpha value is -2.05. The van der Waals surface area contributed by atoms with Crippen LogP contribution < -0.4 is 9.47 Å². The van der Waals surface area contributed by atoms with Gasteiger partial charge in [-0.25, -0.2) is 4.98 Å². The molecule has 2 heterocycles. The number of thiazole rings is 1. The minimum atomic E-state index is -0.0440. The van der Waals surface area contributed by atoms with Crippen molar-refractivity contribution in [3.63, 3.8) is 0 Å². The van der Waals surface area contributed by atoms with Crippen molar-refractivity contribution in [1.82, 2.24) is 9.38 Å². The predicted molar refractivity (Wildman–Crippen MR) is 82.3 cm³/mol. The third kappa shape index (κ3) is 2.16. The first-order chi connectivity index (χ1) is 10.2. The SMILES string of the molecule is COc1ccc(-c2c(C)sc3ncc(CO)n23)cc1OC. The molecule has 6 heteroatoms.